The van der Waals surface area contributed by atoms with Crippen molar-refractivity contribution >= 4 is 5.69 Å². The lowest BCUT2D eigenvalue weighted by molar-refractivity contribution is 0.188. The molecule has 128 valence electrons. The maximum Gasteiger partial charge on any atom is 0.165 e. The minimum absolute atomic E-state index is 0.0645. The number of likely N-dealkylation sites (N-methyl/N-ethyl adjacent to an activating group) is 1. The first-order chi connectivity index (χ1) is 11.6. The SMILES string of the molecule is COc1cc([C@@H](C)NCC2CN(C)c3ccccc3O2)ccc1F. The Hall–Kier alpha value is -2.27. The summed E-state index contributed by atoms with van der Waals surface area (Å²) in [5.74, 6) is 0.833. The van der Waals surface area contributed by atoms with Crippen LogP contribution in [-0.2, 0) is 0 Å². The van der Waals surface area contributed by atoms with Crippen molar-refractivity contribution in [2.24, 2.45) is 0 Å². The van der Waals surface area contributed by atoms with Crippen LogP contribution >= 0.6 is 0 Å². The standard InChI is InChI=1S/C19H23FN2O2/c1-13(14-8-9-16(20)19(10-14)23-3)21-11-15-12-22(2)17-6-4-5-7-18(17)24-15/h4-10,13,15,21H,11-12H2,1-3H3/t13-,15?/m1/s1. The van der Waals surface area contributed by atoms with Gasteiger partial charge in [-0.25, -0.2) is 4.39 Å². The zero-order chi connectivity index (χ0) is 17.1. The summed E-state index contributed by atoms with van der Waals surface area (Å²) in [6.45, 7) is 3.58. The van der Waals surface area contributed by atoms with Gasteiger partial charge in [-0.15, -0.1) is 0 Å². The fraction of sp³-hybridized carbons (Fsp3) is 0.368. The molecule has 5 heteroatoms. The highest BCUT2D eigenvalue weighted by atomic mass is 19.1. The highest BCUT2D eigenvalue weighted by Crippen LogP contribution is 2.32. The molecule has 0 saturated heterocycles. The number of nitrogens with zero attached hydrogens (tertiary/aromatic N) is 1. The largest absolute Gasteiger partial charge is 0.494 e. The summed E-state index contributed by atoms with van der Waals surface area (Å²) in [6, 6.07) is 13.1. The quantitative estimate of drug-likeness (QED) is 0.911. The highest BCUT2D eigenvalue weighted by molar-refractivity contribution is 5.59. The molecule has 0 saturated carbocycles. The molecule has 0 spiro atoms. The first-order valence-electron chi connectivity index (χ1n) is 8.12. The Labute approximate surface area is 142 Å². The summed E-state index contributed by atoms with van der Waals surface area (Å²) in [6.07, 6.45) is 0.0645. The van der Waals surface area contributed by atoms with Crippen LogP contribution in [0.15, 0.2) is 42.5 Å². The van der Waals surface area contributed by atoms with Crippen molar-refractivity contribution < 1.29 is 13.9 Å². The van der Waals surface area contributed by atoms with Crippen molar-refractivity contribution in [2.45, 2.75) is 19.1 Å². The van der Waals surface area contributed by atoms with E-state index in [9.17, 15) is 4.39 Å². The second-order valence-electron chi connectivity index (χ2n) is 6.11. The molecule has 0 bridgehead atoms. The zero-order valence-electron chi connectivity index (χ0n) is 14.3. The fourth-order valence-electron chi connectivity index (χ4n) is 2.97. The summed E-state index contributed by atoms with van der Waals surface area (Å²) in [5.41, 5.74) is 2.10. The van der Waals surface area contributed by atoms with Gasteiger partial charge in [0.25, 0.3) is 0 Å². The minimum Gasteiger partial charge on any atom is -0.494 e. The number of anilines is 1. The third-order valence-corrected chi connectivity index (χ3v) is 4.37. The maximum atomic E-state index is 13.5. The molecule has 0 radical (unpaired) electrons. The van der Waals surface area contributed by atoms with Crippen LogP contribution in [0, 0.1) is 5.82 Å². The monoisotopic (exact) mass is 330 g/mol. The van der Waals surface area contributed by atoms with Gasteiger partial charge in [-0.1, -0.05) is 18.2 Å². The molecule has 2 aromatic carbocycles. The van der Waals surface area contributed by atoms with Gasteiger partial charge in [0, 0.05) is 19.6 Å². The molecule has 4 nitrogen and oxygen atoms in total. The first kappa shape index (κ1) is 16.6. The molecule has 1 unspecified atom stereocenters. The Kier molecular flexibility index (Phi) is 4.90. The Morgan fingerprint density at radius 3 is 2.92 bits per heavy atom. The van der Waals surface area contributed by atoms with Crippen LogP contribution in [-0.4, -0.2) is 33.4 Å². The van der Waals surface area contributed by atoms with Crippen LogP contribution in [0.5, 0.6) is 11.5 Å². The molecular weight excluding hydrogens is 307 g/mol. The second kappa shape index (κ2) is 7.09. The van der Waals surface area contributed by atoms with Crippen LogP contribution in [0.1, 0.15) is 18.5 Å². The molecule has 24 heavy (non-hydrogen) atoms. The van der Waals surface area contributed by atoms with Crippen molar-refractivity contribution in [3.63, 3.8) is 0 Å². The predicted octanol–water partition coefficient (Wildman–Crippen LogP) is 3.38. The predicted molar refractivity (Wildman–Crippen MR) is 93.5 cm³/mol. The highest BCUT2D eigenvalue weighted by Gasteiger charge is 2.23. The van der Waals surface area contributed by atoms with E-state index < -0.39 is 0 Å². The number of hydrogen-bond acceptors (Lipinski definition) is 4. The normalized spacial score (nSPS) is 17.8. The third-order valence-electron chi connectivity index (χ3n) is 4.37. The number of para-hydroxylation sites is 2. The van der Waals surface area contributed by atoms with Crippen LogP contribution < -0.4 is 19.7 Å². The summed E-state index contributed by atoms with van der Waals surface area (Å²) >= 11 is 0. The lowest BCUT2D eigenvalue weighted by Crippen LogP contribution is -2.44. The molecule has 1 heterocycles. The van der Waals surface area contributed by atoms with E-state index in [4.69, 9.17) is 9.47 Å². The van der Waals surface area contributed by atoms with Crippen LogP contribution in [0.4, 0.5) is 10.1 Å². The van der Waals surface area contributed by atoms with Gasteiger partial charge in [0.1, 0.15) is 11.9 Å². The lowest BCUT2D eigenvalue weighted by Gasteiger charge is -2.34. The zero-order valence-corrected chi connectivity index (χ0v) is 14.3. The number of ether oxygens (including phenoxy) is 2. The molecule has 1 aliphatic heterocycles. The van der Waals surface area contributed by atoms with Gasteiger partial charge in [-0.2, -0.15) is 0 Å². The molecule has 0 aliphatic carbocycles. The number of rotatable bonds is 5. The Morgan fingerprint density at radius 2 is 2.12 bits per heavy atom. The van der Waals surface area contributed by atoms with Gasteiger partial charge in [0.2, 0.25) is 0 Å². The van der Waals surface area contributed by atoms with E-state index in [1.54, 1.807) is 12.1 Å². The molecular formula is C19H23FN2O2. The number of halogens is 1. The van der Waals surface area contributed by atoms with Crippen molar-refractivity contribution in [3.8, 4) is 11.5 Å². The van der Waals surface area contributed by atoms with Gasteiger partial charge in [0.05, 0.1) is 19.3 Å². The van der Waals surface area contributed by atoms with E-state index in [1.165, 1.54) is 13.2 Å². The summed E-state index contributed by atoms with van der Waals surface area (Å²) in [5, 5.41) is 3.46. The van der Waals surface area contributed by atoms with Crippen molar-refractivity contribution in [3.05, 3.63) is 53.8 Å². The van der Waals surface area contributed by atoms with E-state index in [2.05, 4.69) is 23.3 Å². The van der Waals surface area contributed by atoms with Gasteiger partial charge >= 0.3 is 0 Å². The Bertz CT molecular complexity index is 708. The molecule has 2 atom stereocenters. The Morgan fingerprint density at radius 1 is 1.33 bits per heavy atom. The van der Waals surface area contributed by atoms with Gasteiger partial charge < -0.3 is 19.7 Å². The summed E-state index contributed by atoms with van der Waals surface area (Å²) in [7, 11) is 3.55. The molecule has 0 fully saturated rings. The number of fused-ring (bicyclic) bond motifs is 1. The maximum absolute atomic E-state index is 13.5. The minimum atomic E-state index is -0.345. The van der Waals surface area contributed by atoms with Gasteiger partial charge in [0.15, 0.2) is 11.6 Å². The fourth-order valence-corrected chi connectivity index (χ4v) is 2.97. The van der Waals surface area contributed by atoms with Crippen LogP contribution in [0.2, 0.25) is 0 Å². The molecule has 0 amide bonds. The van der Waals surface area contributed by atoms with E-state index in [1.807, 2.05) is 25.1 Å². The smallest absolute Gasteiger partial charge is 0.165 e. The van der Waals surface area contributed by atoms with Crippen LogP contribution in [0.25, 0.3) is 0 Å². The molecule has 3 rings (SSSR count). The molecule has 0 aromatic heterocycles. The van der Waals surface area contributed by atoms with E-state index in [0.29, 0.717) is 6.54 Å². The molecule has 1 aliphatic rings. The van der Waals surface area contributed by atoms with Crippen LogP contribution in [0.3, 0.4) is 0 Å². The van der Waals surface area contributed by atoms with E-state index in [-0.39, 0.29) is 23.7 Å². The molecule has 2 aromatic rings. The average molecular weight is 330 g/mol. The van der Waals surface area contributed by atoms with Gasteiger partial charge in [-0.05, 0) is 36.8 Å². The topological polar surface area (TPSA) is 33.7 Å². The van der Waals surface area contributed by atoms with E-state index >= 15 is 0 Å². The van der Waals surface area contributed by atoms with E-state index in [0.717, 1.165) is 23.5 Å². The number of hydrogen-bond donors (Lipinski definition) is 1. The average Bonchev–Trinajstić information content (AvgIpc) is 2.60. The first-order valence-corrected chi connectivity index (χ1v) is 8.12. The van der Waals surface area contributed by atoms with Gasteiger partial charge in [-0.3, -0.25) is 0 Å². The third kappa shape index (κ3) is 3.46. The summed E-state index contributed by atoms with van der Waals surface area (Å²) < 4.78 is 24.6. The van der Waals surface area contributed by atoms with Crippen molar-refractivity contribution in [1.29, 1.82) is 0 Å². The summed E-state index contributed by atoms with van der Waals surface area (Å²) in [4.78, 5) is 2.21. The Balaban J connectivity index is 1.62. The molecule has 1 N–H and O–H groups in total. The number of nitrogens with one attached hydrogen (secondary N) is 1. The van der Waals surface area contributed by atoms with Crippen molar-refractivity contribution in [2.75, 3.05) is 32.1 Å². The second-order valence-corrected chi connectivity index (χ2v) is 6.11. The number of benzene rings is 2. The lowest BCUT2D eigenvalue weighted by atomic mass is 10.1. The van der Waals surface area contributed by atoms with Crippen molar-refractivity contribution in [1.82, 2.24) is 5.32 Å². The number of methoxy groups -OCH3 is 1.